The van der Waals surface area contributed by atoms with E-state index in [1.54, 1.807) is 19.2 Å². The first-order valence-electron chi connectivity index (χ1n) is 13.8. The van der Waals surface area contributed by atoms with E-state index in [4.69, 9.17) is 14.7 Å². The van der Waals surface area contributed by atoms with Gasteiger partial charge in [-0.05, 0) is 66.8 Å². The Hall–Kier alpha value is -3.07. The number of aryl methyl sites for hydroxylation is 1. The van der Waals surface area contributed by atoms with Gasteiger partial charge < -0.3 is 14.7 Å². The lowest BCUT2D eigenvalue weighted by Gasteiger charge is -2.37. The van der Waals surface area contributed by atoms with Gasteiger partial charge >= 0.3 is 12.1 Å². The molecule has 0 radical (unpaired) electrons. The maximum atomic E-state index is 13.9. The van der Waals surface area contributed by atoms with Crippen molar-refractivity contribution in [3.63, 3.8) is 0 Å². The van der Waals surface area contributed by atoms with Gasteiger partial charge in [0, 0.05) is 30.8 Å². The van der Waals surface area contributed by atoms with Gasteiger partial charge in [0.2, 0.25) is 0 Å². The average molecular weight is 545 g/mol. The molecule has 0 spiro atoms. The summed E-state index contributed by atoms with van der Waals surface area (Å²) in [6.45, 7) is 1.62. The summed E-state index contributed by atoms with van der Waals surface area (Å²) in [5.41, 5.74) is 4.09. The molecule has 5 rings (SSSR count). The van der Waals surface area contributed by atoms with Crippen LogP contribution < -0.4 is 4.74 Å². The molecule has 2 aliphatic carbocycles. The molecule has 0 aromatic heterocycles. The summed E-state index contributed by atoms with van der Waals surface area (Å²) < 4.78 is 47.4. The molecule has 1 N–H and O–H groups in total. The number of hydrogen-bond acceptors (Lipinski definition) is 5. The zero-order valence-corrected chi connectivity index (χ0v) is 22.2. The molecule has 1 saturated carbocycles. The fourth-order valence-corrected chi connectivity index (χ4v) is 6.13. The third-order valence-corrected chi connectivity index (χ3v) is 8.25. The number of aliphatic carboxylic acids is 1. The first kappa shape index (κ1) is 27.5. The number of hydrogen-bond donors (Lipinski definition) is 1. The van der Waals surface area contributed by atoms with E-state index in [2.05, 4.69) is 16.1 Å². The summed E-state index contributed by atoms with van der Waals surface area (Å²) >= 11 is 0. The third-order valence-electron chi connectivity index (χ3n) is 8.25. The molecular formula is C30H35F3N2O4. The molecule has 1 saturated heterocycles. The number of carboxylic acids is 1. The van der Waals surface area contributed by atoms with Gasteiger partial charge in [-0.3, -0.25) is 9.69 Å². The van der Waals surface area contributed by atoms with E-state index in [9.17, 15) is 18.0 Å². The first-order chi connectivity index (χ1) is 18.7. The van der Waals surface area contributed by atoms with Gasteiger partial charge in [0.25, 0.3) is 0 Å². The zero-order valence-electron chi connectivity index (χ0n) is 22.2. The molecule has 0 amide bonds. The van der Waals surface area contributed by atoms with Crippen LogP contribution in [-0.4, -0.2) is 41.9 Å². The predicted molar refractivity (Wildman–Crippen MR) is 141 cm³/mol. The van der Waals surface area contributed by atoms with E-state index in [0.717, 1.165) is 67.3 Å². The molecule has 2 aromatic rings. The summed E-state index contributed by atoms with van der Waals surface area (Å²) in [5.74, 6) is -0.418. The number of ether oxygens (including phenoxy) is 1. The second-order valence-corrected chi connectivity index (χ2v) is 11.0. The summed E-state index contributed by atoms with van der Waals surface area (Å²) in [4.78, 5) is 18.8. The van der Waals surface area contributed by atoms with Crippen LogP contribution in [0.25, 0.3) is 0 Å². The lowest BCUT2D eigenvalue weighted by molar-refractivity contribution is -0.147. The van der Waals surface area contributed by atoms with E-state index >= 15 is 0 Å². The van der Waals surface area contributed by atoms with E-state index < -0.39 is 17.7 Å². The molecule has 0 atom stereocenters. The molecule has 9 heteroatoms. The molecule has 2 fully saturated rings. The highest BCUT2D eigenvalue weighted by Crippen LogP contribution is 2.41. The minimum atomic E-state index is -4.41. The highest BCUT2D eigenvalue weighted by Gasteiger charge is 2.36. The van der Waals surface area contributed by atoms with Gasteiger partial charge in [-0.15, -0.1) is 0 Å². The number of methoxy groups -OCH3 is 1. The molecule has 0 bridgehead atoms. The smallest absolute Gasteiger partial charge is 0.416 e. The van der Waals surface area contributed by atoms with Crippen molar-refractivity contribution in [2.24, 2.45) is 11.1 Å². The van der Waals surface area contributed by atoms with Crippen molar-refractivity contribution in [3.8, 4) is 5.75 Å². The average Bonchev–Trinajstić information content (AvgIpc) is 2.89. The van der Waals surface area contributed by atoms with Gasteiger partial charge in [0.05, 0.1) is 24.3 Å². The Labute approximate surface area is 226 Å². The molecule has 39 heavy (non-hydrogen) atoms. The van der Waals surface area contributed by atoms with Crippen LogP contribution in [0.1, 0.15) is 84.2 Å². The predicted octanol–water partition coefficient (Wildman–Crippen LogP) is 6.54. The van der Waals surface area contributed by atoms with Crippen molar-refractivity contribution in [1.82, 2.24) is 4.90 Å². The molecule has 1 aliphatic heterocycles. The number of rotatable bonds is 8. The lowest BCUT2D eigenvalue weighted by Crippen LogP contribution is -2.49. The molecular weight excluding hydrogens is 509 g/mol. The minimum Gasteiger partial charge on any atom is -0.496 e. The van der Waals surface area contributed by atoms with Crippen molar-refractivity contribution >= 4 is 11.7 Å². The number of benzene rings is 2. The SMILES string of the molecule is COc1cc2c(cc1CN1CC(C(=O)O)C1)CCCC2=NOCc1ccc(C2CCCCC2)c(C(F)(F)F)c1. The third kappa shape index (κ3) is 6.24. The van der Waals surface area contributed by atoms with Crippen molar-refractivity contribution in [1.29, 1.82) is 0 Å². The monoisotopic (exact) mass is 544 g/mol. The van der Waals surface area contributed by atoms with Crippen LogP contribution in [0.15, 0.2) is 35.5 Å². The molecule has 3 aliphatic rings. The van der Waals surface area contributed by atoms with Crippen molar-refractivity contribution in [3.05, 3.63) is 63.7 Å². The molecule has 2 aromatic carbocycles. The second-order valence-electron chi connectivity index (χ2n) is 11.0. The quantitative estimate of drug-likeness (QED) is 0.383. The van der Waals surface area contributed by atoms with E-state index in [1.807, 2.05) is 6.07 Å². The number of oxime groups is 1. The highest BCUT2D eigenvalue weighted by molar-refractivity contribution is 6.02. The van der Waals surface area contributed by atoms with Crippen molar-refractivity contribution < 1.29 is 32.6 Å². The number of fused-ring (bicyclic) bond motifs is 1. The Bertz CT molecular complexity index is 1230. The van der Waals surface area contributed by atoms with Crippen LogP contribution in [0, 0.1) is 5.92 Å². The van der Waals surface area contributed by atoms with Gasteiger partial charge in [0.1, 0.15) is 12.4 Å². The molecule has 210 valence electrons. The van der Waals surface area contributed by atoms with Gasteiger partial charge in [-0.2, -0.15) is 13.2 Å². The number of likely N-dealkylation sites (tertiary alicyclic amines) is 1. The van der Waals surface area contributed by atoms with Crippen LogP contribution in [0.2, 0.25) is 0 Å². The van der Waals surface area contributed by atoms with Crippen molar-refractivity contribution in [2.75, 3.05) is 20.2 Å². The minimum absolute atomic E-state index is 0.0381. The number of carboxylic acid groups (broad SMARTS) is 1. The Morgan fingerprint density at radius 1 is 1.08 bits per heavy atom. The van der Waals surface area contributed by atoms with Gasteiger partial charge in [-0.1, -0.05) is 42.6 Å². The fourth-order valence-electron chi connectivity index (χ4n) is 6.13. The topological polar surface area (TPSA) is 71.4 Å². The van der Waals surface area contributed by atoms with Crippen LogP contribution in [0.5, 0.6) is 5.75 Å². The number of carbonyl (C=O) groups is 1. The van der Waals surface area contributed by atoms with Crippen LogP contribution in [0.4, 0.5) is 13.2 Å². The standard InChI is InChI=1S/C30H35F3N2O4/c1-38-28-14-25-21(13-22(28)15-35-16-23(17-35)29(36)37)8-5-9-27(25)34-39-18-19-10-11-24(20-6-3-2-4-7-20)26(12-19)30(31,32)33/h10-14,20,23H,2-9,15-18H2,1H3,(H,36,37). The highest BCUT2D eigenvalue weighted by atomic mass is 19.4. The lowest BCUT2D eigenvalue weighted by atomic mass is 9.81. The summed E-state index contributed by atoms with van der Waals surface area (Å²) in [6, 6.07) is 8.62. The fraction of sp³-hybridized carbons (Fsp3) is 0.533. The van der Waals surface area contributed by atoms with Gasteiger partial charge in [0.15, 0.2) is 0 Å². The van der Waals surface area contributed by atoms with E-state index in [1.165, 1.54) is 6.07 Å². The zero-order chi connectivity index (χ0) is 27.6. The van der Waals surface area contributed by atoms with Crippen LogP contribution in [0.3, 0.4) is 0 Å². The number of halogens is 3. The normalized spacial score (nSPS) is 19.9. The Kier molecular flexibility index (Phi) is 8.16. The Morgan fingerprint density at radius 3 is 2.54 bits per heavy atom. The van der Waals surface area contributed by atoms with Gasteiger partial charge in [-0.25, -0.2) is 0 Å². The summed E-state index contributed by atoms with van der Waals surface area (Å²) in [5, 5.41) is 13.5. The second kappa shape index (κ2) is 11.6. The van der Waals surface area contributed by atoms with Crippen LogP contribution in [-0.2, 0) is 35.4 Å². The Balaban J connectivity index is 1.29. The number of nitrogens with zero attached hydrogens (tertiary/aromatic N) is 2. The maximum absolute atomic E-state index is 13.9. The number of alkyl halides is 3. The van der Waals surface area contributed by atoms with Crippen molar-refractivity contribution in [2.45, 2.75) is 76.6 Å². The summed E-state index contributed by atoms with van der Waals surface area (Å²) in [6.07, 6.45) is 2.71. The molecule has 0 unspecified atom stereocenters. The van der Waals surface area contributed by atoms with Crippen LogP contribution >= 0.6 is 0 Å². The molecule has 6 nitrogen and oxygen atoms in total. The Morgan fingerprint density at radius 2 is 1.85 bits per heavy atom. The largest absolute Gasteiger partial charge is 0.496 e. The summed E-state index contributed by atoms with van der Waals surface area (Å²) in [7, 11) is 1.60. The maximum Gasteiger partial charge on any atom is 0.416 e. The van der Waals surface area contributed by atoms with E-state index in [0.29, 0.717) is 42.9 Å². The van der Waals surface area contributed by atoms with E-state index in [-0.39, 0.29) is 18.4 Å². The first-order valence-corrected chi connectivity index (χ1v) is 13.8. The molecule has 1 heterocycles.